The van der Waals surface area contributed by atoms with E-state index in [1.165, 1.54) is 55.2 Å². The van der Waals surface area contributed by atoms with Crippen LogP contribution in [0.2, 0.25) is 0 Å². The smallest absolute Gasteiger partial charge is 0.227 e. The molecule has 2 fully saturated rings. The van der Waals surface area contributed by atoms with Gasteiger partial charge in [0, 0.05) is 24.7 Å². The predicted molar refractivity (Wildman–Crippen MR) is 144 cm³/mol. The maximum Gasteiger partial charge on any atom is 0.227 e. The second-order valence-electron chi connectivity index (χ2n) is 9.92. The number of nitrogens with two attached hydrogens (primary N) is 1. The predicted octanol–water partition coefficient (Wildman–Crippen LogP) is 5.96. The van der Waals surface area contributed by atoms with Gasteiger partial charge in [-0.25, -0.2) is 4.98 Å². The number of hydrogen-bond acceptors (Lipinski definition) is 7. The number of aromatic nitrogens is 4. The number of rotatable bonds is 7. The quantitative estimate of drug-likeness (QED) is 0.298. The molecule has 4 N–H and O–H groups in total. The van der Waals surface area contributed by atoms with Gasteiger partial charge in [0.25, 0.3) is 0 Å². The van der Waals surface area contributed by atoms with Crippen LogP contribution in [-0.2, 0) is 6.54 Å². The van der Waals surface area contributed by atoms with E-state index in [0.717, 1.165) is 29.8 Å². The molecule has 4 aromatic rings. The van der Waals surface area contributed by atoms with Gasteiger partial charge in [0.05, 0.1) is 6.33 Å². The molecule has 7 nitrogen and oxygen atoms in total. The van der Waals surface area contributed by atoms with Gasteiger partial charge in [0.15, 0.2) is 17.0 Å². The fourth-order valence-corrected chi connectivity index (χ4v) is 6.15. The fourth-order valence-electron chi connectivity index (χ4n) is 5.49. The summed E-state index contributed by atoms with van der Waals surface area (Å²) in [6.07, 6.45) is 11.4. The van der Waals surface area contributed by atoms with Gasteiger partial charge >= 0.3 is 0 Å². The lowest BCUT2D eigenvalue weighted by molar-refractivity contribution is 0.402. The molecule has 2 aliphatic rings. The first kappa shape index (κ1) is 22.5. The summed E-state index contributed by atoms with van der Waals surface area (Å²) in [5.74, 6) is 1.43. The van der Waals surface area contributed by atoms with Gasteiger partial charge in [-0.05, 0) is 59.2 Å². The second-order valence-corrected chi connectivity index (χ2v) is 10.7. The van der Waals surface area contributed by atoms with Crippen molar-refractivity contribution in [1.29, 1.82) is 0 Å². The van der Waals surface area contributed by atoms with E-state index in [9.17, 15) is 0 Å². The number of anilines is 2. The zero-order chi connectivity index (χ0) is 23.6. The molecule has 3 aromatic heterocycles. The highest BCUT2D eigenvalue weighted by Crippen LogP contribution is 2.33. The minimum Gasteiger partial charge on any atom is -0.364 e. The summed E-state index contributed by atoms with van der Waals surface area (Å²) in [5, 5.41) is 11.4. The number of nitrogens with one attached hydrogen (secondary N) is 2. The van der Waals surface area contributed by atoms with Gasteiger partial charge < -0.3 is 20.9 Å². The van der Waals surface area contributed by atoms with Gasteiger partial charge in [-0.2, -0.15) is 21.3 Å². The summed E-state index contributed by atoms with van der Waals surface area (Å²) in [6.45, 7) is 0.675. The Kier molecular flexibility index (Phi) is 6.39. The summed E-state index contributed by atoms with van der Waals surface area (Å²) in [5.41, 5.74) is 11.9. The van der Waals surface area contributed by atoms with E-state index in [4.69, 9.17) is 20.7 Å². The van der Waals surface area contributed by atoms with Gasteiger partial charge in [-0.3, -0.25) is 0 Å². The normalized spacial score (nSPS) is 20.9. The number of benzene rings is 1. The lowest BCUT2D eigenvalue weighted by Gasteiger charge is -2.29. The van der Waals surface area contributed by atoms with Crippen LogP contribution in [0, 0.1) is 0 Å². The molecule has 2 aliphatic carbocycles. The van der Waals surface area contributed by atoms with Crippen molar-refractivity contribution in [1.82, 2.24) is 19.5 Å². The third kappa shape index (κ3) is 4.77. The van der Waals surface area contributed by atoms with Crippen LogP contribution in [0.5, 0.6) is 0 Å². The highest BCUT2D eigenvalue weighted by atomic mass is 32.1. The molecule has 2 saturated carbocycles. The van der Waals surface area contributed by atoms with Crippen LogP contribution in [0.15, 0.2) is 47.4 Å². The Morgan fingerprint density at radius 2 is 1.74 bits per heavy atom. The molecule has 3 heterocycles. The first-order valence-corrected chi connectivity index (χ1v) is 13.8. The van der Waals surface area contributed by atoms with Gasteiger partial charge in [-0.15, -0.1) is 0 Å². The Morgan fingerprint density at radius 3 is 2.51 bits per heavy atom. The summed E-state index contributed by atoms with van der Waals surface area (Å²) in [4.78, 5) is 14.6. The zero-order valence-corrected chi connectivity index (χ0v) is 20.8. The molecule has 0 bridgehead atoms. The molecular weight excluding hydrogens is 454 g/mol. The Bertz CT molecular complexity index is 1260. The molecule has 0 aliphatic heterocycles. The summed E-state index contributed by atoms with van der Waals surface area (Å²) in [7, 11) is 0. The van der Waals surface area contributed by atoms with E-state index < -0.39 is 0 Å². The summed E-state index contributed by atoms with van der Waals surface area (Å²) < 4.78 is 2.26. The van der Waals surface area contributed by atoms with E-state index in [1.807, 2.05) is 6.33 Å². The molecule has 0 spiro atoms. The largest absolute Gasteiger partial charge is 0.364 e. The van der Waals surface area contributed by atoms with Crippen molar-refractivity contribution in [3.8, 4) is 11.1 Å². The van der Waals surface area contributed by atoms with E-state index in [2.05, 4.69) is 56.3 Å². The second kappa shape index (κ2) is 9.95. The van der Waals surface area contributed by atoms with Crippen molar-refractivity contribution in [3.05, 3.63) is 53.0 Å². The Hall–Kier alpha value is -2.97. The Balaban J connectivity index is 1.27. The number of fused-ring (bicyclic) bond motifs is 1. The van der Waals surface area contributed by atoms with Gasteiger partial charge in [0.1, 0.15) is 0 Å². The first-order chi connectivity index (χ1) is 17.2. The van der Waals surface area contributed by atoms with Crippen LogP contribution in [0.25, 0.3) is 22.3 Å². The summed E-state index contributed by atoms with van der Waals surface area (Å²) in [6, 6.07) is 11.7. The SMILES string of the molecule is NC1CCCCC1Nc1nc(NCc2ccc(-c3ccsc3)cc2)c2ncn(C3CCCC3)c2n1. The average Bonchev–Trinajstić information content (AvgIpc) is 3.66. The number of thiophene rings is 1. The molecule has 0 amide bonds. The third-order valence-corrected chi connectivity index (χ3v) is 8.23. The Labute approximate surface area is 210 Å². The topological polar surface area (TPSA) is 93.7 Å². The molecule has 0 radical (unpaired) electrons. The van der Waals surface area contributed by atoms with Crippen molar-refractivity contribution in [3.63, 3.8) is 0 Å². The molecule has 1 aromatic carbocycles. The van der Waals surface area contributed by atoms with E-state index in [1.54, 1.807) is 11.3 Å². The van der Waals surface area contributed by atoms with E-state index in [-0.39, 0.29) is 12.1 Å². The standard InChI is InChI=1S/C27H33N7S/c28-22-7-3-4-8-23(22)31-27-32-25(24-26(33-27)34(17-30-24)21-5-1-2-6-21)29-15-18-9-11-19(12-10-18)20-13-14-35-16-20/h9-14,16-17,21-23H,1-8,15,28H2,(H2,29,31,32,33). The summed E-state index contributed by atoms with van der Waals surface area (Å²) >= 11 is 1.72. The lowest BCUT2D eigenvalue weighted by atomic mass is 9.91. The maximum atomic E-state index is 6.42. The maximum absolute atomic E-state index is 6.42. The van der Waals surface area contributed by atoms with Crippen molar-refractivity contribution < 1.29 is 0 Å². The van der Waals surface area contributed by atoms with Crippen LogP contribution in [0.3, 0.4) is 0 Å². The van der Waals surface area contributed by atoms with Crippen molar-refractivity contribution >= 4 is 34.3 Å². The lowest BCUT2D eigenvalue weighted by Crippen LogP contribution is -2.43. The van der Waals surface area contributed by atoms with E-state index >= 15 is 0 Å². The molecule has 8 heteroatoms. The van der Waals surface area contributed by atoms with Gasteiger partial charge in [-0.1, -0.05) is 49.9 Å². The molecule has 0 saturated heterocycles. The number of hydrogen-bond donors (Lipinski definition) is 3. The van der Waals surface area contributed by atoms with Crippen LogP contribution in [0.1, 0.15) is 63.0 Å². The zero-order valence-electron chi connectivity index (χ0n) is 20.0. The van der Waals surface area contributed by atoms with Crippen LogP contribution in [-0.4, -0.2) is 31.6 Å². The molecular formula is C27H33N7S. The minimum atomic E-state index is 0.140. The monoisotopic (exact) mass is 487 g/mol. The molecule has 6 rings (SSSR count). The molecule has 35 heavy (non-hydrogen) atoms. The van der Waals surface area contributed by atoms with Crippen molar-refractivity contribution in [2.24, 2.45) is 5.73 Å². The molecule has 2 atom stereocenters. The van der Waals surface area contributed by atoms with E-state index in [0.29, 0.717) is 18.5 Å². The third-order valence-electron chi connectivity index (χ3n) is 7.54. The van der Waals surface area contributed by atoms with Crippen LogP contribution < -0.4 is 16.4 Å². The van der Waals surface area contributed by atoms with Crippen LogP contribution in [0.4, 0.5) is 11.8 Å². The fraction of sp³-hybridized carbons (Fsp3) is 0.444. The number of imidazole rings is 1. The van der Waals surface area contributed by atoms with Crippen LogP contribution >= 0.6 is 11.3 Å². The van der Waals surface area contributed by atoms with Gasteiger partial charge in [0.2, 0.25) is 5.95 Å². The number of nitrogens with zero attached hydrogens (tertiary/aromatic N) is 4. The highest BCUT2D eigenvalue weighted by Gasteiger charge is 2.25. The first-order valence-electron chi connectivity index (χ1n) is 12.9. The average molecular weight is 488 g/mol. The molecule has 182 valence electrons. The minimum absolute atomic E-state index is 0.140. The molecule has 2 unspecified atom stereocenters. The van der Waals surface area contributed by atoms with Crippen molar-refractivity contribution in [2.45, 2.75) is 76.0 Å². The van der Waals surface area contributed by atoms with Crippen molar-refractivity contribution in [2.75, 3.05) is 10.6 Å². The Morgan fingerprint density at radius 1 is 0.943 bits per heavy atom. The highest BCUT2D eigenvalue weighted by molar-refractivity contribution is 7.08.